The Morgan fingerprint density at radius 2 is 1.88 bits per heavy atom. The van der Waals surface area contributed by atoms with Crippen LogP contribution in [0.15, 0.2) is 0 Å². The van der Waals surface area contributed by atoms with Crippen molar-refractivity contribution in [2.45, 2.75) is 45.2 Å². The molecular formula is C12H23N3O. The number of carbonyl (C=O) groups is 1. The normalized spacial score (nSPS) is 31.6. The summed E-state index contributed by atoms with van der Waals surface area (Å²) in [6.45, 7) is 7.92. The Balaban J connectivity index is 1.96. The molecule has 0 aromatic carbocycles. The van der Waals surface area contributed by atoms with Gasteiger partial charge in [-0.2, -0.15) is 0 Å². The minimum atomic E-state index is 0.251. The van der Waals surface area contributed by atoms with Crippen molar-refractivity contribution in [1.29, 1.82) is 0 Å². The number of amides is 2. The average molecular weight is 225 g/mol. The van der Waals surface area contributed by atoms with Crippen molar-refractivity contribution in [3.8, 4) is 0 Å². The van der Waals surface area contributed by atoms with E-state index in [-0.39, 0.29) is 6.03 Å². The van der Waals surface area contributed by atoms with Gasteiger partial charge in [0.2, 0.25) is 0 Å². The van der Waals surface area contributed by atoms with Gasteiger partial charge in [-0.25, -0.2) is 4.79 Å². The third-order valence-corrected chi connectivity index (χ3v) is 3.64. The van der Waals surface area contributed by atoms with Crippen molar-refractivity contribution in [3.63, 3.8) is 0 Å². The lowest BCUT2D eigenvalue weighted by Crippen LogP contribution is -2.59. The molecule has 0 spiro atoms. The predicted octanol–water partition coefficient (Wildman–Crippen LogP) is 1.27. The molecule has 2 atom stereocenters. The molecule has 16 heavy (non-hydrogen) atoms. The molecule has 0 aromatic heterocycles. The molecule has 2 aliphatic heterocycles. The molecule has 2 saturated heterocycles. The molecule has 0 saturated carbocycles. The van der Waals surface area contributed by atoms with E-state index in [0.717, 1.165) is 26.2 Å². The Kier molecular flexibility index (Phi) is 3.69. The Hall–Kier alpha value is -0.770. The van der Waals surface area contributed by atoms with E-state index in [1.54, 1.807) is 0 Å². The van der Waals surface area contributed by atoms with E-state index in [1.807, 2.05) is 9.80 Å². The van der Waals surface area contributed by atoms with Crippen LogP contribution in [0.25, 0.3) is 0 Å². The van der Waals surface area contributed by atoms with Crippen LogP contribution in [0, 0.1) is 0 Å². The minimum Gasteiger partial charge on any atom is -0.325 e. The SMILES string of the molecule is CC1CN(C(=O)N2CCCCC2)C(C)CN1. The number of carbonyl (C=O) groups excluding carboxylic acids is 1. The lowest BCUT2D eigenvalue weighted by molar-refractivity contribution is 0.108. The maximum Gasteiger partial charge on any atom is 0.320 e. The second-order valence-electron chi connectivity index (χ2n) is 5.14. The Morgan fingerprint density at radius 1 is 1.19 bits per heavy atom. The summed E-state index contributed by atoms with van der Waals surface area (Å²) in [5.74, 6) is 0. The molecule has 2 aliphatic rings. The van der Waals surface area contributed by atoms with E-state index in [4.69, 9.17) is 0 Å². The summed E-state index contributed by atoms with van der Waals surface area (Å²) in [4.78, 5) is 16.4. The molecule has 0 aliphatic carbocycles. The summed E-state index contributed by atoms with van der Waals surface area (Å²) in [5, 5.41) is 3.41. The zero-order chi connectivity index (χ0) is 11.5. The number of nitrogens with zero attached hydrogens (tertiary/aromatic N) is 2. The summed E-state index contributed by atoms with van der Waals surface area (Å²) in [5.41, 5.74) is 0. The van der Waals surface area contributed by atoms with Gasteiger partial charge in [0.1, 0.15) is 0 Å². The van der Waals surface area contributed by atoms with Crippen molar-refractivity contribution in [3.05, 3.63) is 0 Å². The van der Waals surface area contributed by atoms with Crippen LogP contribution < -0.4 is 5.32 Å². The molecule has 2 heterocycles. The first-order chi connectivity index (χ1) is 7.68. The van der Waals surface area contributed by atoms with Crippen molar-refractivity contribution in [2.75, 3.05) is 26.2 Å². The van der Waals surface area contributed by atoms with Crippen LogP contribution in [0.3, 0.4) is 0 Å². The number of nitrogens with one attached hydrogen (secondary N) is 1. The van der Waals surface area contributed by atoms with Crippen molar-refractivity contribution in [2.24, 2.45) is 0 Å². The predicted molar refractivity (Wildman–Crippen MR) is 64.5 cm³/mol. The van der Waals surface area contributed by atoms with Gasteiger partial charge >= 0.3 is 6.03 Å². The molecular weight excluding hydrogens is 202 g/mol. The van der Waals surface area contributed by atoms with Crippen molar-refractivity contribution < 1.29 is 4.79 Å². The lowest BCUT2D eigenvalue weighted by atomic mass is 10.1. The van der Waals surface area contributed by atoms with Gasteiger partial charge in [-0.3, -0.25) is 0 Å². The first-order valence-electron chi connectivity index (χ1n) is 6.47. The molecule has 2 rings (SSSR count). The molecule has 2 unspecified atom stereocenters. The largest absolute Gasteiger partial charge is 0.325 e. The van der Waals surface area contributed by atoms with E-state index in [9.17, 15) is 4.79 Å². The van der Waals surface area contributed by atoms with Crippen LogP contribution in [-0.2, 0) is 0 Å². The Bertz CT molecular complexity index is 251. The van der Waals surface area contributed by atoms with Crippen molar-refractivity contribution >= 4 is 6.03 Å². The highest BCUT2D eigenvalue weighted by molar-refractivity contribution is 5.75. The first kappa shape index (κ1) is 11.7. The van der Waals surface area contributed by atoms with E-state index in [1.165, 1.54) is 19.3 Å². The number of hydrogen-bond donors (Lipinski definition) is 1. The smallest absolute Gasteiger partial charge is 0.320 e. The number of rotatable bonds is 0. The molecule has 0 aromatic rings. The van der Waals surface area contributed by atoms with Gasteiger partial charge in [0, 0.05) is 38.3 Å². The molecule has 1 N–H and O–H groups in total. The fraction of sp³-hybridized carbons (Fsp3) is 0.917. The third kappa shape index (κ3) is 2.48. The number of urea groups is 1. The highest BCUT2D eigenvalue weighted by Crippen LogP contribution is 2.15. The van der Waals surface area contributed by atoms with E-state index >= 15 is 0 Å². The maximum atomic E-state index is 12.3. The van der Waals surface area contributed by atoms with E-state index in [0.29, 0.717) is 12.1 Å². The molecule has 2 amide bonds. The van der Waals surface area contributed by atoms with Crippen LogP contribution in [0.2, 0.25) is 0 Å². The second kappa shape index (κ2) is 5.04. The third-order valence-electron chi connectivity index (χ3n) is 3.64. The molecule has 4 heteroatoms. The zero-order valence-electron chi connectivity index (χ0n) is 10.4. The number of piperazine rings is 1. The molecule has 92 valence electrons. The minimum absolute atomic E-state index is 0.251. The Labute approximate surface area is 98.0 Å². The summed E-state index contributed by atoms with van der Waals surface area (Å²) in [7, 11) is 0. The number of hydrogen-bond acceptors (Lipinski definition) is 2. The zero-order valence-corrected chi connectivity index (χ0v) is 10.4. The average Bonchev–Trinajstić information content (AvgIpc) is 2.32. The van der Waals surface area contributed by atoms with Gasteiger partial charge in [-0.05, 0) is 33.1 Å². The number of likely N-dealkylation sites (tertiary alicyclic amines) is 1. The quantitative estimate of drug-likeness (QED) is 0.674. The van der Waals surface area contributed by atoms with Crippen LogP contribution in [0.5, 0.6) is 0 Å². The summed E-state index contributed by atoms with van der Waals surface area (Å²) in [6.07, 6.45) is 3.61. The van der Waals surface area contributed by atoms with Gasteiger partial charge in [-0.15, -0.1) is 0 Å². The van der Waals surface area contributed by atoms with Crippen LogP contribution in [-0.4, -0.2) is 54.1 Å². The van der Waals surface area contributed by atoms with Crippen LogP contribution >= 0.6 is 0 Å². The van der Waals surface area contributed by atoms with Crippen LogP contribution in [0.1, 0.15) is 33.1 Å². The molecule has 2 fully saturated rings. The van der Waals surface area contributed by atoms with E-state index in [2.05, 4.69) is 19.2 Å². The maximum absolute atomic E-state index is 12.3. The van der Waals surface area contributed by atoms with Gasteiger partial charge in [0.05, 0.1) is 0 Å². The molecule has 4 nitrogen and oxygen atoms in total. The summed E-state index contributed by atoms with van der Waals surface area (Å²) in [6, 6.07) is 0.996. The standard InChI is InChI=1S/C12H23N3O/c1-10-9-15(11(2)8-13-10)12(16)14-6-4-3-5-7-14/h10-11,13H,3-9H2,1-2H3. The van der Waals surface area contributed by atoms with Crippen LogP contribution in [0.4, 0.5) is 4.79 Å². The van der Waals surface area contributed by atoms with Gasteiger partial charge < -0.3 is 15.1 Å². The number of piperidine rings is 1. The highest BCUT2D eigenvalue weighted by Gasteiger charge is 2.30. The molecule has 0 radical (unpaired) electrons. The fourth-order valence-electron chi connectivity index (χ4n) is 2.55. The highest BCUT2D eigenvalue weighted by atomic mass is 16.2. The van der Waals surface area contributed by atoms with E-state index < -0.39 is 0 Å². The van der Waals surface area contributed by atoms with Gasteiger partial charge in [-0.1, -0.05) is 0 Å². The van der Waals surface area contributed by atoms with Gasteiger partial charge in [0.15, 0.2) is 0 Å². The summed E-state index contributed by atoms with van der Waals surface area (Å²) >= 11 is 0. The lowest BCUT2D eigenvalue weighted by Gasteiger charge is -2.41. The first-order valence-corrected chi connectivity index (χ1v) is 6.47. The summed E-state index contributed by atoms with van der Waals surface area (Å²) < 4.78 is 0. The second-order valence-corrected chi connectivity index (χ2v) is 5.14. The topological polar surface area (TPSA) is 35.6 Å². The van der Waals surface area contributed by atoms with Gasteiger partial charge in [0.25, 0.3) is 0 Å². The monoisotopic (exact) mass is 225 g/mol. The Morgan fingerprint density at radius 3 is 2.56 bits per heavy atom. The van der Waals surface area contributed by atoms with Crippen molar-refractivity contribution in [1.82, 2.24) is 15.1 Å². The fourth-order valence-corrected chi connectivity index (χ4v) is 2.55. The molecule has 0 bridgehead atoms.